The average Bonchev–Trinajstić information content (AvgIpc) is 2.28. The van der Waals surface area contributed by atoms with E-state index < -0.39 is 5.97 Å². The molecule has 1 heterocycles. The second-order valence-electron chi connectivity index (χ2n) is 4.13. The quantitative estimate of drug-likeness (QED) is 0.527. The van der Waals surface area contributed by atoms with Crippen LogP contribution in [0.1, 0.15) is 19.3 Å². The molecular weight excluding hydrogens is 204 g/mol. The molecule has 0 amide bonds. The van der Waals surface area contributed by atoms with Crippen LogP contribution in [0.3, 0.4) is 0 Å². The summed E-state index contributed by atoms with van der Waals surface area (Å²) in [5.41, 5.74) is 0. The summed E-state index contributed by atoms with van der Waals surface area (Å²) >= 11 is 0. The highest BCUT2D eigenvalue weighted by atomic mass is 16.4. The van der Waals surface area contributed by atoms with Crippen LogP contribution in [-0.2, 0) is 4.79 Å². The lowest BCUT2D eigenvalue weighted by molar-refractivity contribution is -0.137. The van der Waals surface area contributed by atoms with Gasteiger partial charge >= 0.3 is 5.97 Å². The maximum absolute atomic E-state index is 10.4. The van der Waals surface area contributed by atoms with E-state index >= 15 is 0 Å². The molecule has 4 nitrogen and oxygen atoms in total. The van der Waals surface area contributed by atoms with Crippen molar-refractivity contribution in [1.29, 1.82) is 0 Å². The monoisotopic (exact) mass is 224 g/mol. The number of hydrogen-bond acceptors (Lipinski definition) is 3. The number of nitrogens with zero attached hydrogens (tertiary/aromatic N) is 2. The van der Waals surface area contributed by atoms with E-state index in [4.69, 9.17) is 11.5 Å². The number of hydrogen-bond donors (Lipinski definition) is 1. The highest BCUT2D eigenvalue weighted by molar-refractivity contribution is 5.66. The number of unbranched alkanes of at least 4 members (excludes halogenated alkanes) is 1. The summed E-state index contributed by atoms with van der Waals surface area (Å²) < 4.78 is 0. The van der Waals surface area contributed by atoms with E-state index in [-0.39, 0.29) is 6.42 Å². The smallest absolute Gasteiger partial charge is 0.304 e. The molecular formula is C12H20N2O2. The van der Waals surface area contributed by atoms with Gasteiger partial charge in [0.1, 0.15) is 0 Å². The van der Waals surface area contributed by atoms with E-state index in [0.29, 0.717) is 6.54 Å². The van der Waals surface area contributed by atoms with Gasteiger partial charge in [0.25, 0.3) is 0 Å². The normalized spacial score (nSPS) is 18.2. The molecule has 16 heavy (non-hydrogen) atoms. The van der Waals surface area contributed by atoms with Gasteiger partial charge < -0.3 is 14.9 Å². The van der Waals surface area contributed by atoms with Crippen molar-refractivity contribution in [3.63, 3.8) is 0 Å². The summed E-state index contributed by atoms with van der Waals surface area (Å²) in [4.78, 5) is 15.0. The van der Waals surface area contributed by atoms with E-state index in [0.717, 1.165) is 45.6 Å². The summed E-state index contributed by atoms with van der Waals surface area (Å²) in [6, 6.07) is 0. The standard InChI is InChI=1S/C12H20N2O2/c1-2-3-4-6-13-8-10-14(11-9-13)7-5-12(15)16/h1H,3-11H2,(H,15,16). The highest BCUT2D eigenvalue weighted by Crippen LogP contribution is 2.04. The molecule has 1 N–H and O–H groups in total. The zero-order valence-electron chi connectivity index (χ0n) is 9.69. The molecule has 1 saturated heterocycles. The van der Waals surface area contributed by atoms with Gasteiger partial charge in [-0.1, -0.05) is 0 Å². The summed E-state index contributed by atoms with van der Waals surface area (Å²) in [6.45, 7) is 5.76. The van der Waals surface area contributed by atoms with Crippen LogP contribution >= 0.6 is 0 Å². The van der Waals surface area contributed by atoms with Gasteiger partial charge in [0.05, 0.1) is 6.42 Å². The first kappa shape index (κ1) is 13.0. The van der Waals surface area contributed by atoms with E-state index in [2.05, 4.69) is 15.7 Å². The fraction of sp³-hybridized carbons (Fsp3) is 0.750. The Morgan fingerprint density at radius 1 is 1.19 bits per heavy atom. The minimum Gasteiger partial charge on any atom is -0.481 e. The molecule has 0 aromatic rings. The minimum absolute atomic E-state index is 0.247. The molecule has 0 spiro atoms. The maximum atomic E-state index is 10.4. The third kappa shape index (κ3) is 5.15. The first-order valence-corrected chi connectivity index (χ1v) is 5.82. The molecule has 4 heteroatoms. The van der Waals surface area contributed by atoms with Crippen molar-refractivity contribution in [1.82, 2.24) is 9.80 Å². The fourth-order valence-corrected chi connectivity index (χ4v) is 1.89. The van der Waals surface area contributed by atoms with Crippen molar-refractivity contribution in [3.8, 4) is 12.3 Å². The Hall–Kier alpha value is -1.05. The molecule has 0 aromatic heterocycles. The number of carboxylic acids is 1. The summed E-state index contributed by atoms with van der Waals surface area (Å²) in [5.74, 6) is 1.93. The SMILES string of the molecule is C#CCCCN1CCN(CCC(=O)O)CC1. The van der Waals surface area contributed by atoms with Gasteiger partial charge in [0.2, 0.25) is 0 Å². The molecule has 1 fully saturated rings. The van der Waals surface area contributed by atoms with Gasteiger partial charge in [-0.25, -0.2) is 0 Å². The van der Waals surface area contributed by atoms with Gasteiger partial charge in [0, 0.05) is 39.1 Å². The zero-order chi connectivity index (χ0) is 11.8. The van der Waals surface area contributed by atoms with Crippen molar-refractivity contribution < 1.29 is 9.90 Å². The molecule has 0 aromatic carbocycles. The van der Waals surface area contributed by atoms with E-state index in [9.17, 15) is 4.79 Å². The van der Waals surface area contributed by atoms with Crippen LogP contribution in [-0.4, -0.2) is 60.1 Å². The van der Waals surface area contributed by atoms with Crippen molar-refractivity contribution in [2.24, 2.45) is 0 Å². The highest BCUT2D eigenvalue weighted by Gasteiger charge is 2.16. The Morgan fingerprint density at radius 2 is 1.75 bits per heavy atom. The molecule has 0 atom stereocenters. The van der Waals surface area contributed by atoms with Crippen LogP contribution < -0.4 is 0 Å². The van der Waals surface area contributed by atoms with Crippen LogP contribution in [0.4, 0.5) is 0 Å². The molecule has 1 aliphatic heterocycles. The molecule has 1 rings (SSSR count). The fourth-order valence-electron chi connectivity index (χ4n) is 1.89. The Labute approximate surface area is 97.2 Å². The topological polar surface area (TPSA) is 43.8 Å². The third-order valence-electron chi connectivity index (χ3n) is 2.90. The van der Waals surface area contributed by atoms with E-state index in [1.165, 1.54) is 0 Å². The van der Waals surface area contributed by atoms with Crippen LogP contribution in [0.5, 0.6) is 0 Å². The van der Waals surface area contributed by atoms with Crippen molar-refractivity contribution in [2.75, 3.05) is 39.3 Å². The number of terminal acetylenes is 1. The lowest BCUT2D eigenvalue weighted by atomic mass is 10.2. The molecule has 0 unspecified atom stereocenters. The molecule has 0 radical (unpaired) electrons. The van der Waals surface area contributed by atoms with Crippen LogP contribution in [0, 0.1) is 12.3 Å². The lowest BCUT2D eigenvalue weighted by Gasteiger charge is -2.34. The van der Waals surface area contributed by atoms with Crippen molar-refractivity contribution in [3.05, 3.63) is 0 Å². The molecule has 0 bridgehead atoms. The first-order valence-electron chi connectivity index (χ1n) is 5.82. The van der Waals surface area contributed by atoms with Crippen molar-refractivity contribution >= 4 is 5.97 Å². The van der Waals surface area contributed by atoms with Crippen LogP contribution in [0.15, 0.2) is 0 Å². The third-order valence-corrected chi connectivity index (χ3v) is 2.90. The largest absolute Gasteiger partial charge is 0.481 e. The number of aliphatic carboxylic acids is 1. The summed E-state index contributed by atoms with van der Waals surface area (Å²) in [6.07, 6.45) is 7.36. The first-order chi connectivity index (χ1) is 7.72. The second kappa shape index (κ2) is 7.26. The number of carboxylic acid groups (broad SMARTS) is 1. The van der Waals surface area contributed by atoms with Gasteiger partial charge in [-0.15, -0.1) is 12.3 Å². The van der Waals surface area contributed by atoms with Crippen LogP contribution in [0.25, 0.3) is 0 Å². The predicted octanol–water partition coefficient (Wildman–Crippen LogP) is 0.492. The second-order valence-corrected chi connectivity index (χ2v) is 4.13. The zero-order valence-corrected chi connectivity index (χ0v) is 9.69. The van der Waals surface area contributed by atoms with E-state index in [1.807, 2.05) is 0 Å². The van der Waals surface area contributed by atoms with Crippen molar-refractivity contribution in [2.45, 2.75) is 19.3 Å². The lowest BCUT2D eigenvalue weighted by Crippen LogP contribution is -2.47. The Morgan fingerprint density at radius 3 is 2.25 bits per heavy atom. The van der Waals surface area contributed by atoms with E-state index in [1.54, 1.807) is 0 Å². The van der Waals surface area contributed by atoms with Gasteiger partial charge in [0.15, 0.2) is 0 Å². The molecule has 90 valence electrons. The van der Waals surface area contributed by atoms with Gasteiger partial charge in [-0.2, -0.15) is 0 Å². The molecule has 0 aliphatic carbocycles. The summed E-state index contributed by atoms with van der Waals surface area (Å²) in [5, 5.41) is 8.58. The Kier molecular flexibility index (Phi) is 5.91. The average molecular weight is 224 g/mol. The summed E-state index contributed by atoms with van der Waals surface area (Å²) in [7, 11) is 0. The molecule has 1 aliphatic rings. The minimum atomic E-state index is -0.712. The molecule has 0 saturated carbocycles. The van der Waals surface area contributed by atoms with Gasteiger partial charge in [-0.05, 0) is 13.0 Å². The van der Waals surface area contributed by atoms with Gasteiger partial charge in [-0.3, -0.25) is 4.79 Å². The Bertz CT molecular complexity index is 252. The van der Waals surface area contributed by atoms with Crippen LogP contribution in [0.2, 0.25) is 0 Å². The predicted molar refractivity (Wildman–Crippen MR) is 63.2 cm³/mol. The number of piperazine rings is 1. The number of carbonyl (C=O) groups is 1. The number of rotatable bonds is 6. The maximum Gasteiger partial charge on any atom is 0.304 e. The Balaban J connectivity index is 2.09.